The van der Waals surface area contributed by atoms with Crippen LogP contribution in [0.5, 0.6) is 0 Å². The second-order valence-corrected chi connectivity index (χ2v) is 5.69. The van der Waals surface area contributed by atoms with Crippen LogP contribution in [0.15, 0.2) is 59.2 Å². The van der Waals surface area contributed by atoms with Gasteiger partial charge in [0.15, 0.2) is 0 Å². The van der Waals surface area contributed by atoms with Gasteiger partial charge in [0.05, 0.1) is 16.0 Å². The van der Waals surface area contributed by atoms with E-state index in [0.717, 1.165) is 10.5 Å². The molecule has 0 saturated carbocycles. The first kappa shape index (κ1) is 13.2. The van der Waals surface area contributed by atoms with E-state index >= 15 is 0 Å². The Morgan fingerprint density at radius 2 is 2.25 bits per heavy atom. The molecular formula is C13H10ClN3O2S. The molecule has 0 aromatic heterocycles. The maximum atomic E-state index is 10.7. The van der Waals surface area contributed by atoms with Crippen LogP contribution in [0.4, 0.5) is 5.69 Å². The van der Waals surface area contributed by atoms with Gasteiger partial charge >= 0.3 is 0 Å². The minimum Gasteiger partial charge on any atom is -0.258 e. The van der Waals surface area contributed by atoms with Crippen molar-refractivity contribution in [1.82, 2.24) is 9.84 Å². The van der Waals surface area contributed by atoms with Crippen molar-refractivity contribution in [3.63, 3.8) is 0 Å². The summed E-state index contributed by atoms with van der Waals surface area (Å²) in [5.41, 5.74) is 4.44. The Morgan fingerprint density at radius 1 is 1.40 bits per heavy atom. The molecule has 1 N–H and O–H groups in total. The summed E-state index contributed by atoms with van der Waals surface area (Å²) in [6.07, 6.45) is 10.0. The molecule has 0 spiro atoms. The van der Waals surface area contributed by atoms with E-state index < -0.39 is 4.92 Å². The van der Waals surface area contributed by atoms with E-state index in [4.69, 9.17) is 11.6 Å². The number of benzene rings is 1. The number of non-ortho nitro benzene ring substituents is 1. The fourth-order valence-electron chi connectivity index (χ4n) is 1.94. The molecule has 1 aromatic carbocycles. The molecule has 1 atom stereocenters. The number of nitro groups is 1. The number of halogens is 1. The Morgan fingerprint density at radius 3 is 2.95 bits per heavy atom. The van der Waals surface area contributed by atoms with Crippen LogP contribution < -0.4 is 5.43 Å². The summed E-state index contributed by atoms with van der Waals surface area (Å²) in [5, 5.41) is 11.0. The predicted molar refractivity (Wildman–Crippen MR) is 79.1 cm³/mol. The molecule has 0 saturated heterocycles. The average molecular weight is 308 g/mol. The molecule has 1 aliphatic carbocycles. The van der Waals surface area contributed by atoms with Crippen molar-refractivity contribution >= 4 is 29.2 Å². The van der Waals surface area contributed by atoms with Crippen LogP contribution in [0.1, 0.15) is 0 Å². The summed E-state index contributed by atoms with van der Waals surface area (Å²) < 4.78 is 1.85. The molecule has 20 heavy (non-hydrogen) atoms. The normalized spacial score (nSPS) is 19.9. The second-order valence-electron chi connectivity index (χ2n) is 4.27. The minimum atomic E-state index is -0.458. The second kappa shape index (κ2) is 5.32. The molecule has 0 fully saturated rings. The number of nitrogens with one attached hydrogen (secondary N) is 1. The minimum absolute atomic E-state index is 0.00776. The Kier molecular flexibility index (Phi) is 3.52. The third-order valence-electron chi connectivity index (χ3n) is 2.92. The molecule has 1 unspecified atom stereocenters. The number of nitrogens with zero attached hydrogens (tertiary/aromatic N) is 2. The highest BCUT2D eigenvalue weighted by Crippen LogP contribution is 2.34. The fraction of sp³-hybridized carbons (Fsp3) is 0.0769. The van der Waals surface area contributed by atoms with Crippen molar-refractivity contribution in [2.45, 2.75) is 10.9 Å². The van der Waals surface area contributed by atoms with E-state index in [-0.39, 0.29) is 11.7 Å². The first-order valence-electron chi connectivity index (χ1n) is 5.87. The van der Waals surface area contributed by atoms with Gasteiger partial charge in [-0.05, 0) is 11.6 Å². The molecule has 0 radical (unpaired) electrons. The average Bonchev–Trinajstić information content (AvgIpc) is 2.83. The molecular weight excluding hydrogens is 298 g/mol. The smallest absolute Gasteiger partial charge is 0.258 e. The lowest BCUT2D eigenvalue weighted by Crippen LogP contribution is -2.30. The Hall–Kier alpha value is -1.76. The van der Waals surface area contributed by atoms with Gasteiger partial charge < -0.3 is 0 Å². The lowest BCUT2D eigenvalue weighted by atomic mass is 10.1. The van der Waals surface area contributed by atoms with Gasteiger partial charge in [-0.1, -0.05) is 35.9 Å². The van der Waals surface area contributed by atoms with E-state index in [1.165, 1.54) is 24.1 Å². The zero-order valence-electron chi connectivity index (χ0n) is 10.2. The molecule has 7 heteroatoms. The lowest BCUT2D eigenvalue weighted by molar-refractivity contribution is -0.384. The monoisotopic (exact) mass is 307 g/mol. The zero-order valence-corrected chi connectivity index (χ0v) is 11.8. The fourth-order valence-corrected chi connectivity index (χ4v) is 3.05. The van der Waals surface area contributed by atoms with Crippen LogP contribution >= 0.6 is 23.5 Å². The topological polar surface area (TPSA) is 58.4 Å². The molecule has 0 amide bonds. The number of hydrogen-bond acceptors (Lipinski definition) is 5. The third kappa shape index (κ3) is 2.58. The van der Waals surface area contributed by atoms with Crippen LogP contribution in [0.2, 0.25) is 5.02 Å². The number of hydrazine groups is 1. The largest absolute Gasteiger partial charge is 0.270 e. The van der Waals surface area contributed by atoms with Crippen molar-refractivity contribution in [3.05, 3.63) is 69.4 Å². The predicted octanol–water partition coefficient (Wildman–Crippen LogP) is 3.45. The highest BCUT2D eigenvalue weighted by atomic mass is 35.5. The van der Waals surface area contributed by atoms with Crippen molar-refractivity contribution in [2.75, 3.05) is 0 Å². The summed E-state index contributed by atoms with van der Waals surface area (Å²) in [5.74, 6) is 0. The number of nitro benzene ring substituents is 1. The number of rotatable bonds is 3. The number of allylic oxidation sites excluding steroid dienone is 2. The van der Waals surface area contributed by atoms with E-state index in [9.17, 15) is 10.1 Å². The van der Waals surface area contributed by atoms with Crippen molar-refractivity contribution < 1.29 is 4.92 Å². The van der Waals surface area contributed by atoms with Gasteiger partial charge in [-0.15, -0.1) is 0 Å². The van der Waals surface area contributed by atoms with E-state index in [1.807, 2.05) is 28.8 Å². The lowest BCUT2D eigenvalue weighted by Gasteiger charge is -2.17. The number of fused-ring (bicyclic) bond motifs is 1. The third-order valence-corrected chi connectivity index (χ3v) is 4.30. The molecule has 3 rings (SSSR count). The number of hydrogen-bond donors (Lipinski definition) is 1. The molecule has 1 aromatic rings. The van der Waals surface area contributed by atoms with Crippen LogP contribution in [0, 0.1) is 10.1 Å². The molecule has 0 bridgehead atoms. The SMILES string of the molecule is O=[N+]([O-])c1ccc(SN2C=C3C=CC=CC3N2)c(Cl)c1. The van der Waals surface area contributed by atoms with Gasteiger partial charge in [0.25, 0.3) is 5.69 Å². The van der Waals surface area contributed by atoms with Gasteiger partial charge in [0, 0.05) is 35.2 Å². The molecule has 2 aliphatic rings. The van der Waals surface area contributed by atoms with Crippen molar-refractivity contribution in [1.29, 1.82) is 0 Å². The quantitative estimate of drug-likeness (QED) is 0.526. The summed E-state index contributed by atoms with van der Waals surface area (Å²) in [4.78, 5) is 11.0. The molecule has 102 valence electrons. The van der Waals surface area contributed by atoms with Crippen molar-refractivity contribution in [3.8, 4) is 0 Å². The maximum absolute atomic E-state index is 10.7. The van der Waals surface area contributed by atoms with Gasteiger partial charge in [0.2, 0.25) is 0 Å². The van der Waals surface area contributed by atoms with Crippen LogP contribution in [0.3, 0.4) is 0 Å². The van der Waals surface area contributed by atoms with Crippen LogP contribution in [-0.2, 0) is 0 Å². The Bertz CT molecular complexity index is 657. The molecule has 1 heterocycles. The molecule has 5 nitrogen and oxygen atoms in total. The van der Waals surface area contributed by atoms with E-state index in [0.29, 0.717) is 5.02 Å². The summed E-state index contributed by atoms with van der Waals surface area (Å²) in [7, 11) is 0. The van der Waals surface area contributed by atoms with E-state index in [1.54, 1.807) is 6.07 Å². The van der Waals surface area contributed by atoms with Gasteiger partial charge in [0.1, 0.15) is 0 Å². The van der Waals surface area contributed by atoms with Gasteiger partial charge in [-0.3, -0.25) is 14.5 Å². The first-order valence-corrected chi connectivity index (χ1v) is 7.02. The Labute approximate surface area is 124 Å². The Balaban J connectivity index is 1.76. The maximum Gasteiger partial charge on any atom is 0.270 e. The zero-order chi connectivity index (χ0) is 14.1. The van der Waals surface area contributed by atoms with Crippen LogP contribution in [0.25, 0.3) is 0 Å². The van der Waals surface area contributed by atoms with Crippen LogP contribution in [-0.4, -0.2) is 15.4 Å². The van der Waals surface area contributed by atoms with Crippen molar-refractivity contribution in [2.24, 2.45) is 0 Å². The summed E-state index contributed by atoms with van der Waals surface area (Å²) in [6, 6.07) is 4.63. The molecule has 1 aliphatic heterocycles. The first-order chi connectivity index (χ1) is 9.63. The van der Waals surface area contributed by atoms with E-state index in [2.05, 4.69) is 11.5 Å². The standard InChI is InChI=1S/C13H10ClN3O2S/c14-11-7-10(17(18)19)5-6-13(11)20-16-8-9-3-1-2-4-12(9)15-16/h1-8,12,15H. The summed E-state index contributed by atoms with van der Waals surface area (Å²) >= 11 is 7.46. The summed E-state index contributed by atoms with van der Waals surface area (Å²) in [6.45, 7) is 0. The van der Waals surface area contributed by atoms with Gasteiger partial charge in [-0.25, -0.2) is 5.43 Å². The van der Waals surface area contributed by atoms with Gasteiger partial charge in [-0.2, -0.15) is 0 Å². The highest BCUT2D eigenvalue weighted by molar-refractivity contribution is 7.97. The highest BCUT2D eigenvalue weighted by Gasteiger charge is 2.22.